The lowest BCUT2D eigenvalue weighted by Gasteiger charge is -2.34. The third-order valence-corrected chi connectivity index (χ3v) is 4.28. The normalized spacial score (nSPS) is 16.4. The van der Waals surface area contributed by atoms with Gasteiger partial charge in [0.25, 0.3) is 0 Å². The zero-order valence-corrected chi connectivity index (χ0v) is 14.0. The quantitative estimate of drug-likeness (QED) is 0.813. The molecule has 3 rings (SSSR count). The maximum absolute atomic E-state index is 5.95. The molecule has 1 saturated heterocycles. The van der Waals surface area contributed by atoms with Gasteiger partial charge in [0, 0.05) is 50.5 Å². The fourth-order valence-electron chi connectivity index (χ4n) is 2.74. The summed E-state index contributed by atoms with van der Waals surface area (Å²) in [5.74, 6) is 0.839. The Labute approximate surface area is 142 Å². The van der Waals surface area contributed by atoms with Gasteiger partial charge in [0.2, 0.25) is 0 Å². The molecule has 4 nitrogen and oxygen atoms in total. The third-order valence-electron chi connectivity index (χ3n) is 4.05. The molecule has 2 aromatic rings. The van der Waals surface area contributed by atoms with Crippen molar-refractivity contribution in [3.05, 3.63) is 59.4 Å². The van der Waals surface area contributed by atoms with Crippen LogP contribution in [0.1, 0.15) is 5.69 Å². The average Bonchev–Trinajstić information content (AvgIpc) is 2.58. The van der Waals surface area contributed by atoms with Gasteiger partial charge in [0.15, 0.2) is 0 Å². The molecule has 5 heteroatoms. The van der Waals surface area contributed by atoms with Gasteiger partial charge in [-0.15, -0.1) is 0 Å². The molecule has 122 valence electrons. The van der Waals surface area contributed by atoms with Crippen LogP contribution < -0.4 is 4.74 Å². The Morgan fingerprint density at radius 2 is 1.83 bits per heavy atom. The Morgan fingerprint density at radius 3 is 2.57 bits per heavy atom. The van der Waals surface area contributed by atoms with E-state index >= 15 is 0 Å². The fourth-order valence-corrected chi connectivity index (χ4v) is 2.92. The molecule has 1 aromatic heterocycles. The number of aromatic nitrogens is 1. The monoisotopic (exact) mass is 331 g/mol. The van der Waals surface area contributed by atoms with Gasteiger partial charge in [0.05, 0.1) is 5.69 Å². The molecular weight excluding hydrogens is 310 g/mol. The van der Waals surface area contributed by atoms with E-state index in [0.29, 0.717) is 11.6 Å². The van der Waals surface area contributed by atoms with E-state index in [1.165, 1.54) is 0 Å². The molecule has 2 heterocycles. The number of benzene rings is 1. The van der Waals surface area contributed by atoms with Gasteiger partial charge in [-0.2, -0.15) is 0 Å². The van der Waals surface area contributed by atoms with E-state index in [2.05, 4.69) is 20.9 Å². The standard InChI is InChI=1S/C18H22ClN3O/c19-16-4-3-6-18(14-16)23-13-12-21-8-10-22(11-9-21)15-17-5-1-2-7-20-17/h1-7,14H,8-13,15H2. The lowest BCUT2D eigenvalue weighted by Crippen LogP contribution is -2.47. The van der Waals surface area contributed by atoms with E-state index in [1.807, 2.05) is 42.6 Å². The number of pyridine rings is 1. The summed E-state index contributed by atoms with van der Waals surface area (Å²) in [6.07, 6.45) is 1.86. The van der Waals surface area contributed by atoms with Gasteiger partial charge < -0.3 is 4.74 Å². The number of halogens is 1. The third kappa shape index (κ3) is 5.20. The summed E-state index contributed by atoms with van der Waals surface area (Å²) in [5, 5.41) is 0.714. The zero-order valence-electron chi connectivity index (χ0n) is 13.2. The van der Waals surface area contributed by atoms with E-state index in [-0.39, 0.29) is 0 Å². The highest BCUT2D eigenvalue weighted by Gasteiger charge is 2.17. The number of ether oxygens (including phenoxy) is 1. The summed E-state index contributed by atoms with van der Waals surface area (Å²) in [7, 11) is 0. The molecule has 0 saturated carbocycles. The van der Waals surface area contributed by atoms with Crippen LogP contribution in [-0.4, -0.2) is 54.1 Å². The Kier molecular flexibility index (Phi) is 5.86. The van der Waals surface area contributed by atoms with Crippen molar-refractivity contribution < 1.29 is 4.74 Å². The molecule has 0 N–H and O–H groups in total. The summed E-state index contributed by atoms with van der Waals surface area (Å²) in [6.45, 7) is 6.89. The Morgan fingerprint density at radius 1 is 1.00 bits per heavy atom. The van der Waals surface area contributed by atoms with Crippen molar-refractivity contribution in [2.75, 3.05) is 39.3 Å². The highest BCUT2D eigenvalue weighted by atomic mass is 35.5. The summed E-state index contributed by atoms with van der Waals surface area (Å²) < 4.78 is 5.76. The van der Waals surface area contributed by atoms with Crippen molar-refractivity contribution in [3.63, 3.8) is 0 Å². The lowest BCUT2D eigenvalue weighted by atomic mass is 10.2. The minimum absolute atomic E-state index is 0.695. The molecule has 1 aliphatic rings. The number of hydrogen-bond acceptors (Lipinski definition) is 4. The maximum Gasteiger partial charge on any atom is 0.120 e. The van der Waals surface area contributed by atoms with E-state index < -0.39 is 0 Å². The topological polar surface area (TPSA) is 28.6 Å². The molecule has 1 aromatic carbocycles. The Bertz CT molecular complexity index is 600. The number of nitrogens with zero attached hydrogens (tertiary/aromatic N) is 3. The van der Waals surface area contributed by atoms with Gasteiger partial charge in [-0.1, -0.05) is 23.7 Å². The zero-order chi connectivity index (χ0) is 15.9. The SMILES string of the molecule is Clc1cccc(OCCN2CCN(Cc3ccccn3)CC2)c1. The van der Waals surface area contributed by atoms with Gasteiger partial charge in [0.1, 0.15) is 12.4 Å². The summed E-state index contributed by atoms with van der Waals surface area (Å²) in [5.41, 5.74) is 1.14. The van der Waals surface area contributed by atoms with Crippen LogP contribution in [0.5, 0.6) is 5.75 Å². The molecular formula is C18H22ClN3O. The van der Waals surface area contributed by atoms with Crippen LogP contribution in [0.15, 0.2) is 48.7 Å². The summed E-state index contributed by atoms with van der Waals surface area (Å²) >= 11 is 5.95. The second kappa shape index (κ2) is 8.29. The van der Waals surface area contributed by atoms with Crippen molar-refractivity contribution in [1.82, 2.24) is 14.8 Å². The predicted molar refractivity (Wildman–Crippen MR) is 92.9 cm³/mol. The van der Waals surface area contributed by atoms with Gasteiger partial charge in [-0.25, -0.2) is 0 Å². The molecule has 1 fully saturated rings. The van der Waals surface area contributed by atoms with Crippen LogP contribution in [-0.2, 0) is 6.54 Å². The fraction of sp³-hybridized carbons (Fsp3) is 0.389. The minimum Gasteiger partial charge on any atom is -0.492 e. The van der Waals surface area contributed by atoms with Crippen LogP contribution in [0.2, 0.25) is 5.02 Å². The number of rotatable bonds is 6. The summed E-state index contributed by atoms with van der Waals surface area (Å²) in [4.78, 5) is 9.30. The molecule has 0 spiro atoms. The van der Waals surface area contributed by atoms with Crippen LogP contribution in [0.25, 0.3) is 0 Å². The van der Waals surface area contributed by atoms with E-state index in [1.54, 1.807) is 0 Å². The molecule has 23 heavy (non-hydrogen) atoms. The molecule has 1 aliphatic heterocycles. The second-order valence-corrected chi connectivity index (χ2v) is 6.18. The molecule has 0 atom stereocenters. The molecule has 0 unspecified atom stereocenters. The molecule has 0 amide bonds. The first-order valence-electron chi connectivity index (χ1n) is 8.02. The van der Waals surface area contributed by atoms with Gasteiger partial charge >= 0.3 is 0 Å². The Balaban J connectivity index is 1.36. The van der Waals surface area contributed by atoms with Crippen molar-refractivity contribution in [2.45, 2.75) is 6.54 Å². The van der Waals surface area contributed by atoms with Crippen molar-refractivity contribution in [2.24, 2.45) is 0 Å². The second-order valence-electron chi connectivity index (χ2n) is 5.74. The van der Waals surface area contributed by atoms with Crippen LogP contribution >= 0.6 is 11.6 Å². The molecule has 0 bridgehead atoms. The van der Waals surface area contributed by atoms with E-state index in [4.69, 9.17) is 16.3 Å². The highest BCUT2D eigenvalue weighted by Crippen LogP contribution is 2.17. The average molecular weight is 332 g/mol. The van der Waals surface area contributed by atoms with Crippen LogP contribution in [0.4, 0.5) is 0 Å². The minimum atomic E-state index is 0.695. The van der Waals surface area contributed by atoms with Crippen LogP contribution in [0, 0.1) is 0 Å². The highest BCUT2D eigenvalue weighted by molar-refractivity contribution is 6.30. The van der Waals surface area contributed by atoms with Crippen LogP contribution in [0.3, 0.4) is 0 Å². The molecule has 0 aliphatic carbocycles. The van der Waals surface area contributed by atoms with E-state index in [9.17, 15) is 0 Å². The predicted octanol–water partition coefficient (Wildman–Crippen LogP) is 2.93. The Hall–Kier alpha value is -1.62. The first-order chi connectivity index (χ1) is 11.3. The van der Waals surface area contributed by atoms with Crippen molar-refractivity contribution in [1.29, 1.82) is 0 Å². The van der Waals surface area contributed by atoms with Crippen molar-refractivity contribution in [3.8, 4) is 5.75 Å². The number of hydrogen-bond donors (Lipinski definition) is 0. The summed E-state index contributed by atoms with van der Waals surface area (Å²) in [6, 6.07) is 13.7. The maximum atomic E-state index is 5.95. The van der Waals surface area contributed by atoms with Crippen molar-refractivity contribution >= 4 is 11.6 Å². The molecule has 0 radical (unpaired) electrons. The smallest absolute Gasteiger partial charge is 0.120 e. The first-order valence-corrected chi connectivity index (χ1v) is 8.40. The first kappa shape index (κ1) is 16.2. The largest absolute Gasteiger partial charge is 0.492 e. The van der Waals surface area contributed by atoms with Gasteiger partial charge in [-0.3, -0.25) is 14.8 Å². The number of piperazine rings is 1. The van der Waals surface area contributed by atoms with E-state index in [0.717, 1.165) is 50.7 Å². The van der Waals surface area contributed by atoms with Gasteiger partial charge in [-0.05, 0) is 30.3 Å². The lowest BCUT2D eigenvalue weighted by molar-refractivity contribution is 0.111.